The summed E-state index contributed by atoms with van der Waals surface area (Å²) in [6.45, 7) is 6.62. The SMILES string of the molecule is Cc1ccn2c(C(=O)NCc3ccc(N4CCOCC4)c(F)c3)c(C)nc2c1. The molecule has 0 aliphatic carbocycles. The van der Waals surface area contributed by atoms with Gasteiger partial charge in [0.25, 0.3) is 5.91 Å². The molecule has 4 rings (SSSR count). The summed E-state index contributed by atoms with van der Waals surface area (Å²) in [6, 6.07) is 8.97. The molecule has 0 saturated carbocycles. The number of amides is 1. The van der Waals surface area contributed by atoms with Gasteiger partial charge in [-0.25, -0.2) is 9.37 Å². The van der Waals surface area contributed by atoms with E-state index in [1.54, 1.807) is 10.5 Å². The Bertz CT molecular complexity index is 1020. The van der Waals surface area contributed by atoms with E-state index >= 15 is 0 Å². The Morgan fingerprint density at radius 1 is 1.21 bits per heavy atom. The van der Waals surface area contributed by atoms with E-state index in [1.165, 1.54) is 6.07 Å². The molecule has 0 atom stereocenters. The molecule has 0 spiro atoms. The van der Waals surface area contributed by atoms with Crippen LogP contribution in [0.4, 0.5) is 10.1 Å². The maximum absolute atomic E-state index is 14.5. The molecule has 146 valence electrons. The van der Waals surface area contributed by atoms with Crippen molar-refractivity contribution in [2.75, 3.05) is 31.2 Å². The maximum Gasteiger partial charge on any atom is 0.270 e. The Morgan fingerprint density at radius 2 is 2.00 bits per heavy atom. The third-order valence-corrected chi connectivity index (χ3v) is 4.99. The van der Waals surface area contributed by atoms with Crippen molar-refractivity contribution in [3.05, 3.63) is 64.9 Å². The Hall–Kier alpha value is -2.93. The van der Waals surface area contributed by atoms with Crippen LogP contribution in [-0.2, 0) is 11.3 Å². The third-order valence-electron chi connectivity index (χ3n) is 4.99. The first-order valence-corrected chi connectivity index (χ1v) is 9.37. The van der Waals surface area contributed by atoms with Crippen molar-refractivity contribution < 1.29 is 13.9 Å². The number of hydrogen-bond acceptors (Lipinski definition) is 4. The van der Waals surface area contributed by atoms with Gasteiger partial charge in [-0.15, -0.1) is 0 Å². The average Bonchev–Trinajstić information content (AvgIpc) is 3.01. The highest BCUT2D eigenvalue weighted by Gasteiger charge is 2.18. The zero-order valence-electron chi connectivity index (χ0n) is 16.0. The number of benzene rings is 1. The first-order chi connectivity index (χ1) is 13.5. The summed E-state index contributed by atoms with van der Waals surface area (Å²) in [5.41, 5.74) is 4.28. The van der Waals surface area contributed by atoms with Gasteiger partial charge < -0.3 is 15.0 Å². The summed E-state index contributed by atoms with van der Waals surface area (Å²) in [6.07, 6.45) is 1.84. The maximum atomic E-state index is 14.5. The summed E-state index contributed by atoms with van der Waals surface area (Å²) in [5.74, 6) is -0.512. The van der Waals surface area contributed by atoms with Crippen LogP contribution in [0.2, 0.25) is 0 Å². The van der Waals surface area contributed by atoms with Gasteiger partial charge in [-0.1, -0.05) is 6.07 Å². The van der Waals surface area contributed by atoms with E-state index in [1.807, 2.05) is 43.1 Å². The molecule has 0 radical (unpaired) electrons. The quantitative estimate of drug-likeness (QED) is 0.754. The van der Waals surface area contributed by atoms with Crippen LogP contribution in [-0.4, -0.2) is 41.6 Å². The number of aromatic nitrogens is 2. The first kappa shape index (κ1) is 18.4. The van der Waals surface area contributed by atoms with Crippen molar-refractivity contribution in [1.82, 2.24) is 14.7 Å². The minimum Gasteiger partial charge on any atom is -0.378 e. The fraction of sp³-hybridized carbons (Fsp3) is 0.333. The van der Waals surface area contributed by atoms with Gasteiger partial charge in [-0.3, -0.25) is 9.20 Å². The molecule has 3 heterocycles. The lowest BCUT2D eigenvalue weighted by Gasteiger charge is -2.29. The molecule has 1 aliphatic heterocycles. The summed E-state index contributed by atoms with van der Waals surface area (Å²) in [5, 5.41) is 2.88. The minimum absolute atomic E-state index is 0.230. The van der Waals surface area contributed by atoms with Crippen LogP contribution in [0.25, 0.3) is 5.65 Å². The largest absolute Gasteiger partial charge is 0.378 e. The second kappa shape index (κ2) is 7.59. The Labute approximate surface area is 162 Å². The highest BCUT2D eigenvalue weighted by atomic mass is 19.1. The van der Waals surface area contributed by atoms with Gasteiger partial charge >= 0.3 is 0 Å². The molecule has 1 saturated heterocycles. The van der Waals surface area contributed by atoms with E-state index in [0.29, 0.717) is 48.9 Å². The van der Waals surface area contributed by atoms with Crippen molar-refractivity contribution in [2.45, 2.75) is 20.4 Å². The molecule has 2 aromatic heterocycles. The fourth-order valence-electron chi connectivity index (χ4n) is 3.52. The molecule has 1 aromatic carbocycles. The molecule has 1 aliphatic rings. The van der Waals surface area contributed by atoms with Crippen LogP contribution in [0.15, 0.2) is 36.5 Å². The van der Waals surface area contributed by atoms with E-state index in [2.05, 4.69) is 10.3 Å². The summed E-state index contributed by atoms with van der Waals surface area (Å²) in [7, 11) is 0. The molecule has 1 N–H and O–H groups in total. The molecule has 0 unspecified atom stereocenters. The number of morpholine rings is 1. The standard InChI is InChI=1S/C21H23FN4O2/c1-14-5-6-26-19(11-14)24-15(2)20(26)21(27)23-13-16-3-4-18(17(22)12-16)25-7-9-28-10-8-25/h3-6,11-12H,7-10,13H2,1-2H3,(H,23,27). The monoisotopic (exact) mass is 382 g/mol. The van der Waals surface area contributed by atoms with E-state index in [9.17, 15) is 9.18 Å². The molecular weight excluding hydrogens is 359 g/mol. The summed E-state index contributed by atoms with van der Waals surface area (Å²) < 4.78 is 21.6. The zero-order chi connectivity index (χ0) is 19.7. The normalized spacial score (nSPS) is 14.5. The van der Waals surface area contributed by atoms with Crippen LogP contribution >= 0.6 is 0 Å². The van der Waals surface area contributed by atoms with Crippen LogP contribution in [0, 0.1) is 19.7 Å². The zero-order valence-corrected chi connectivity index (χ0v) is 16.0. The topological polar surface area (TPSA) is 58.9 Å². The predicted octanol–water partition coefficient (Wildman–Crippen LogP) is 2.86. The molecule has 28 heavy (non-hydrogen) atoms. The van der Waals surface area contributed by atoms with E-state index in [0.717, 1.165) is 11.2 Å². The Balaban J connectivity index is 1.48. The fourth-order valence-corrected chi connectivity index (χ4v) is 3.52. The highest BCUT2D eigenvalue weighted by molar-refractivity contribution is 5.94. The number of carbonyl (C=O) groups excluding carboxylic acids is 1. The van der Waals surface area contributed by atoms with Gasteiger partial charge in [0.05, 0.1) is 24.6 Å². The van der Waals surface area contributed by atoms with Crippen molar-refractivity contribution >= 4 is 17.2 Å². The van der Waals surface area contributed by atoms with Crippen molar-refractivity contribution in [3.63, 3.8) is 0 Å². The molecule has 3 aromatic rings. The number of nitrogens with one attached hydrogen (secondary N) is 1. The van der Waals surface area contributed by atoms with Gasteiger partial charge in [0, 0.05) is 25.8 Å². The number of nitrogens with zero attached hydrogens (tertiary/aromatic N) is 3. The molecule has 6 nitrogen and oxygen atoms in total. The van der Waals surface area contributed by atoms with Crippen molar-refractivity contribution in [2.24, 2.45) is 0 Å². The predicted molar refractivity (Wildman–Crippen MR) is 105 cm³/mol. The van der Waals surface area contributed by atoms with E-state index < -0.39 is 0 Å². The number of ether oxygens (including phenoxy) is 1. The van der Waals surface area contributed by atoms with Gasteiger partial charge in [-0.05, 0) is 49.2 Å². The number of carbonyl (C=O) groups is 1. The molecule has 1 amide bonds. The summed E-state index contributed by atoms with van der Waals surface area (Å²) in [4.78, 5) is 19.1. The Kier molecular flexibility index (Phi) is 5.00. The lowest BCUT2D eigenvalue weighted by Crippen LogP contribution is -2.36. The van der Waals surface area contributed by atoms with Crippen LogP contribution < -0.4 is 10.2 Å². The van der Waals surface area contributed by atoms with E-state index in [4.69, 9.17) is 4.74 Å². The Morgan fingerprint density at radius 3 is 2.75 bits per heavy atom. The number of anilines is 1. The van der Waals surface area contributed by atoms with Crippen LogP contribution in [0.3, 0.4) is 0 Å². The number of hydrogen-bond donors (Lipinski definition) is 1. The lowest BCUT2D eigenvalue weighted by atomic mass is 10.1. The average molecular weight is 382 g/mol. The number of halogens is 1. The van der Waals surface area contributed by atoms with Gasteiger partial charge in [-0.2, -0.15) is 0 Å². The molecular formula is C21H23FN4O2. The third kappa shape index (κ3) is 3.57. The van der Waals surface area contributed by atoms with Crippen molar-refractivity contribution in [1.29, 1.82) is 0 Å². The van der Waals surface area contributed by atoms with Crippen molar-refractivity contribution in [3.8, 4) is 0 Å². The smallest absolute Gasteiger partial charge is 0.270 e. The second-order valence-electron chi connectivity index (χ2n) is 7.05. The van der Waals surface area contributed by atoms with E-state index in [-0.39, 0.29) is 18.3 Å². The highest BCUT2D eigenvalue weighted by Crippen LogP contribution is 2.22. The minimum atomic E-state index is -0.282. The van der Waals surface area contributed by atoms with Crippen LogP contribution in [0.1, 0.15) is 27.3 Å². The van der Waals surface area contributed by atoms with Gasteiger partial charge in [0.1, 0.15) is 17.2 Å². The number of pyridine rings is 1. The molecule has 7 heteroatoms. The lowest BCUT2D eigenvalue weighted by molar-refractivity contribution is 0.0944. The number of aryl methyl sites for hydroxylation is 2. The number of rotatable bonds is 4. The molecule has 1 fully saturated rings. The first-order valence-electron chi connectivity index (χ1n) is 9.37. The van der Waals surface area contributed by atoms with Crippen LogP contribution in [0.5, 0.6) is 0 Å². The van der Waals surface area contributed by atoms with Gasteiger partial charge in [0.15, 0.2) is 0 Å². The number of imidazole rings is 1. The van der Waals surface area contributed by atoms with Gasteiger partial charge in [0.2, 0.25) is 0 Å². The second-order valence-corrected chi connectivity index (χ2v) is 7.05. The molecule has 0 bridgehead atoms. The summed E-state index contributed by atoms with van der Waals surface area (Å²) >= 11 is 0. The number of fused-ring (bicyclic) bond motifs is 1.